The highest BCUT2D eigenvalue weighted by Crippen LogP contribution is 2.34. The number of aromatic nitrogens is 2. The number of thiophene rings is 1. The Balaban J connectivity index is 1.38. The molecule has 8 heteroatoms. The Morgan fingerprint density at radius 2 is 2.08 bits per heavy atom. The maximum atomic E-state index is 12.4. The second-order valence-corrected chi connectivity index (χ2v) is 8.80. The quantitative estimate of drug-likeness (QED) is 0.873. The largest absolute Gasteiger partial charge is 0.339 e. The van der Waals surface area contributed by atoms with Crippen LogP contribution < -0.4 is 5.56 Å². The van der Waals surface area contributed by atoms with E-state index in [1.807, 2.05) is 4.90 Å². The van der Waals surface area contributed by atoms with Crippen molar-refractivity contribution in [3.8, 4) is 0 Å². The maximum Gasteiger partial charge on any atom is 0.259 e. The lowest BCUT2D eigenvalue weighted by Gasteiger charge is -2.32. The number of likely N-dealkylation sites (N-methyl/N-ethyl adjacent to an activating group) is 1. The molecule has 4 rings (SSSR count). The minimum Gasteiger partial charge on any atom is -0.339 e. The number of nitrogens with zero attached hydrogens (tertiary/aromatic N) is 3. The lowest BCUT2D eigenvalue weighted by atomic mass is 10.2. The number of hydrogen-bond acceptors (Lipinski definition) is 6. The molecule has 1 fully saturated rings. The van der Waals surface area contributed by atoms with Gasteiger partial charge < -0.3 is 14.8 Å². The lowest BCUT2D eigenvalue weighted by Crippen LogP contribution is -2.47. The first kappa shape index (κ1) is 17.1. The normalized spacial score (nSPS) is 18.0. The zero-order chi connectivity index (χ0) is 17.4. The van der Waals surface area contributed by atoms with Crippen LogP contribution in [0.3, 0.4) is 0 Å². The summed E-state index contributed by atoms with van der Waals surface area (Å²) in [4.78, 5) is 38.6. The predicted molar refractivity (Wildman–Crippen MR) is 103 cm³/mol. The van der Waals surface area contributed by atoms with Gasteiger partial charge in [-0.15, -0.1) is 23.1 Å². The molecule has 1 N–H and O–H groups in total. The van der Waals surface area contributed by atoms with E-state index >= 15 is 0 Å². The first-order valence-corrected chi connectivity index (χ1v) is 10.7. The van der Waals surface area contributed by atoms with Gasteiger partial charge in [-0.1, -0.05) is 0 Å². The highest BCUT2D eigenvalue weighted by atomic mass is 32.2. The van der Waals surface area contributed by atoms with Crippen molar-refractivity contribution in [2.75, 3.05) is 39.0 Å². The summed E-state index contributed by atoms with van der Waals surface area (Å²) in [6.07, 6.45) is 3.20. The molecule has 1 amide bonds. The zero-order valence-electron chi connectivity index (χ0n) is 14.3. The Morgan fingerprint density at radius 1 is 1.28 bits per heavy atom. The third-order valence-corrected chi connectivity index (χ3v) is 7.06. The van der Waals surface area contributed by atoms with Gasteiger partial charge in [0, 0.05) is 31.1 Å². The van der Waals surface area contributed by atoms with Crippen LogP contribution >= 0.6 is 23.1 Å². The van der Waals surface area contributed by atoms with Crippen LogP contribution in [0.1, 0.15) is 22.7 Å². The number of aromatic amines is 1. The van der Waals surface area contributed by atoms with Crippen LogP contribution in [0.2, 0.25) is 0 Å². The van der Waals surface area contributed by atoms with Gasteiger partial charge in [0.1, 0.15) is 10.7 Å². The summed E-state index contributed by atoms with van der Waals surface area (Å²) in [7, 11) is 2.08. The molecule has 0 spiro atoms. The van der Waals surface area contributed by atoms with Gasteiger partial charge in [-0.2, -0.15) is 0 Å². The Morgan fingerprint density at radius 3 is 2.88 bits per heavy atom. The molecule has 6 nitrogen and oxygen atoms in total. The van der Waals surface area contributed by atoms with Crippen molar-refractivity contribution in [1.82, 2.24) is 19.8 Å². The molecule has 0 saturated carbocycles. The smallest absolute Gasteiger partial charge is 0.259 e. The van der Waals surface area contributed by atoms with Gasteiger partial charge in [0.05, 0.1) is 16.9 Å². The van der Waals surface area contributed by atoms with E-state index in [9.17, 15) is 9.59 Å². The lowest BCUT2D eigenvalue weighted by molar-refractivity contribution is -0.129. The van der Waals surface area contributed by atoms with E-state index in [1.165, 1.54) is 22.2 Å². The number of hydrogen-bond donors (Lipinski definition) is 1. The minimum absolute atomic E-state index is 0.0228. The third kappa shape index (κ3) is 3.47. The number of carbonyl (C=O) groups is 1. The summed E-state index contributed by atoms with van der Waals surface area (Å²) >= 11 is 3.18. The summed E-state index contributed by atoms with van der Waals surface area (Å²) in [6, 6.07) is 0. The van der Waals surface area contributed by atoms with E-state index in [4.69, 9.17) is 0 Å². The Bertz CT molecular complexity index is 852. The number of piperazine rings is 1. The Hall–Kier alpha value is -1.38. The predicted octanol–water partition coefficient (Wildman–Crippen LogP) is 1.48. The molecule has 2 aromatic heterocycles. The number of nitrogens with one attached hydrogen (secondary N) is 1. The number of aryl methyl sites for hydroxylation is 2. The van der Waals surface area contributed by atoms with Crippen LogP contribution in [-0.4, -0.2) is 64.7 Å². The van der Waals surface area contributed by atoms with E-state index in [0.29, 0.717) is 17.3 Å². The second-order valence-electron chi connectivity index (χ2n) is 6.73. The first-order valence-electron chi connectivity index (χ1n) is 8.69. The zero-order valence-corrected chi connectivity index (χ0v) is 16.0. The number of rotatable bonds is 4. The average molecular weight is 379 g/mol. The summed E-state index contributed by atoms with van der Waals surface area (Å²) in [5.74, 6) is 1.85. The molecule has 0 aromatic carbocycles. The van der Waals surface area contributed by atoms with E-state index in [1.54, 1.807) is 11.3 Å². The molecule has 1 aliphatic carbocycles. The van der Waals surface area contributed by atoms with Crippen molar-refractivity contribution in [1.29, 1.82) is 0 Å². The monoisotopic (exact) mass is 378 g/mol. The molecular formula is C17H22N4O2S2. The molecule has 0 atom stereocenters. The highest BCUT2D eigenvalue weighted by molar-refractivity contribution is 7.99. The molecule has 0 unspecified atom stereocenters. The maximum absolute atomic E-state index is 12.4. The average Bonchev–Trinajstić information content (AvgIpc) is 3.15. The number of amides is 1. The molecule has 3 heterocycles. The van der Waals surface area contributed by atoms with Crippen LogP contribution in [0, 0.1) is 0 Å². The molecule has 2 aliphatic rings. The number of thioether (sulfide) groups is 1. The van der Waals surface area contributed by atoms with Crippen LogP contribution in [0.5, 0.6) is 0 Å². The molecule has 1 saturated heterocycles. The molecule has 134 valence electrons. The summed E-state index contributed by atoms with van der Waals surface area (Å²) in [5.41, 5.74) is 1.18. The van der Waals surface area contributed by atoms with Crippen LogP contribution in [0.4, 0.5) is 0 Å². The Kier molecular flexibility index (Phi) is 4.84. The second kappa shape index (κ2) is 7.09. The molecule has 0 radical (unpaired) electrons. The Labute approximate surface area is 154 Å². The van der Waals surface area contributed by atoms with E-state index in [-0.39, 0.29) is 11.5 Å². The van der Waals surface area contributed by atoms with Gasteiger partial charge in [-0.3, -0.25) is 9.59 Å². The number of carbonyl (C=O) groups excluding carboxylic acids is 1. The topological polar surface area (TPSA) is 69.3 Å². The van der Waals surface area contributed by atoms with Crippen molar-refractivity contribution in [3.63, 3.8) is 0 Å². The van der Waals surface area contributed by atoms with Gasteiger partial charge in [-0.25, -0.2) is 4.98 Å². The van der Waals surface area contributed by atoms with Crippen LogP contribution in [-0.2, 0) is 23.4 Å². The highest BCUT2D eigenvalue weighted by Gasteiger charge is 2.22. The van der Waals surface area contributed by atoms with Crippen molar-refractivity contribution in [3.05, 3.63) is 26.6 Å². The fourth-order valence-corrected chi connectivity index (χ4v) is 5.57. The molecular weight excluding hydrogens is 356 g/mol. The summed E-state index contributed by atoms with van der Waals surface area (Å²) < 4.78 is 0. The van der Waals surface area contributed by atoms with Gasteiger partial charge in [0.2, 0.25) is 5.91 Å². The van der Waals surface area contributed by atoms with Crippen LogP contribution in [0.25, 0.3) is 10.2 Å². The van der Waals surface area contributed by atoms with Crippen molar-refractivity contribution in [2.45, 2.75) is 25.0 Å². The van der Waals surface area contributed by atoms with Crippen LogP contribution in [0.15, 0.2) is 4.79 Å². The van der Waals surface area contributed by atoms with Gasteiger partial charge in [0.25, 0.3) is 5.56 Å². The van der Waals surface area contributed by atoms with Crippen molar-refractivity contribution < 1.29 is 4.79 Å². The molecule has 1 aliphatic heterocycles. The van der Waals surface area contributed by atoms with E-state index < -0.39 is 0 Å². The minimum atomic E-state index is -0.0228. The first-order chi connectivity index (χ1) is 12.1. The fraction of sp³-hybridized carbons (Fsp3) is 0.588. The van der Waals surface area contributed by atoms with Gasteiger partial charge in [0.15, 0.2) is 0 Å². The number of fused-ring (bicyclic) bond motifs is 3. The summed E-state index contributed by atoms with van der Waals surface area (Å²) in [6.45, 7) is 3.48. The van der Waals surface area contributed by atoms with Crippen molar-refractivity contribution in [2.24, 2.45) is 0 Å². The standard InChI is InChI=1S/C17H22N4O2S2/c1-20-5-7-21(8-6-20)14(22)10-24-9-13-18-16(23)15-11-3-2-4-12(11)25-17(15)19-13/h2-10H2,1H3,(H,18,19,23). The molecule has 25 heavy (non-hydrogen) atoms. The fourth-order valence-electron chi connectivity index (χ4n) is 3.50. The van der Waals surface area contributed by atoms with Gasteiger partial charge in [-0.05, 0) is 31.9 Å². The number of H-pyrrole nitrogens is 1. The van der Waals surface area contributed by atoms with Gasteiger partial charge >= 0.3 is 0 Å². The molecule has 0 bridgehead atoms. The van der Waals surface area contributed by atoms with Crippen molar-refractivity contribution >= 4 is 39.2 Å². The molecule has 2 aromatic rings. The third-order valence-electron chi connectivity index (χ3n) is 4.94. The summed E-state index contributed by atoms with van der Waals surface area (Å²) in [5, 5.41) is 0.791. The SMILES string of the molecule is CN1CCN(C(=O)CSCc2nc3sc4c(c3c(=O)[nH]2)CCC4)CC1. The van der Waals surface area contributed by atoms with E-state index in [0.717, 1.165) is 55.7 Å². The van der Waals surface area contributed by atoms with E-state index in [2.05, 4.69) is 21.9 Å².